The maximum absolute atomic E-state index is 5.74. The fourth-order valence-corrected chi connectivity index (χ4v) is 2.38. The van der Waals surface area contributed by atoms with E-state index in [-0.39, 0.29) is 6.04 Å². The quantitative estimate of drug-likeness (QED) is 0.877. The van der Waals surface area contributed by atoms with Gasteiger partial charge >= 0.3 is 0 Å². The Morgan fingerprint density at radius 2 is 1.33 bits per heavy atom. The molecule has 0 heterocycles. The van der Waals surface area contributed by atoms with E-state index in [1.807, 2.05) is 12.1 Å². The van der Waals surface area contributed by atoms with Crippen LogP contribution in [-0.2, 0) is 0 Å². The van der Waals surface area contributed by atoms with Crippen LogP contribution < -0.4 is 5.73 Å². The van der Waals surface area contributed by atoms with Crippen LogP contribution in [0.3, 0.4) is 0 Å². The molecule has 2 nitrogen and oxygen atoms in total. The molecule has 94 valence electrons. The fraction of sp³-hybridized carbons (Fsp3) is 0.200. The van der Waals surface area contributed by atoms with Crippen molar-refractivity contribution in [1.82, 2.24) is 4.90 Å². The van der Waals surface area contributed by atoms with Crippen molar-refractivity contribution in [2.45, 2.75) is 6.04 Å². The van der Waals surface area contributed by atoms with Gasteiger partial charge in [0.05, 0.1) is 6.04 Å². The summed E-state index contributed by atoms with van der Waals surface area (Å²) in [5, 5.41) is 0. The van der Waals surface area contributed by atoms with Gasteiger partial charge in [0.15, 0.2) is 0 Å². The largest absolute Gasteiger partial charge is 0.399 e. The molecular formula is C15H17BrN2. The Kier molecular flexibility index (Phi) is 4.04. The molecule has 0 radical (unpaired) electrons. The van der Waals surface area contributed by atoms with Gasteiger partial charge in [-0.25, -0.2) is 0 Å². The fourth-order valence-electron chi connectivity index (χ4n) is 2.11. The molecule has 0 aliphatic heterocycles. The molecule has 0 amide bonds. The van der Waals surface area contributed by atoms with Crippen LogP contribution in [0.4, 0.5) is 5.69 Å². The molecule has 2 aromatic carbocycles. The number of benzene rings is 2. The van der Waals surface area contributed by atoms with Gasteiger partial charge in [0.25, 0.3) is 0 Å². The Labute approximate surface area is 117 Å². The van der Waals surface area contributed by atoms with E-state index >= 15 is 0 Å². The molecule has 0 fully saturated rings. The third kappa shape index (κ3) is 2.92. The van der Waals surface area contributed by atoms with Gasteiger partial charge in [-0.1, -0.05) is 40.2 Å². The van der Waals surface area contributed by atoms with Crippen molar-refractivity contribution in [2.75, 3.05) is 19.8 Å². The Morgan fingerprint density at radius 1 is 0.889 bits per heavy atom. The molecule has 0 aliphatic rings. The smallest absolute Gasteiger partial charge is 0.0596 e. The summed E-state index contributed by atoms with van der Waals surface area (Å²) in [6, 6.07) is 16.8. The summed E-state index contributed by atoms with van der Waals surface area (Å²) >= 11 is 3.47. The number of nitrogens with zero attached hydrogens (tertiary/aromatic N) is 1. The van der Waals surface area contributed by atoms with Crippen LogP contribution in [0.2, 0.25) is 0 Å². The number of nitrogen functional groups attached to an aromatic ring is 1. The van der Waals surface area contributed by atoms with E-state index in [1.54, 1.807) is 0 Å². The summed E-state index contributed by atoms with van der Waals surface area (Å²) < 4.78 is 1.10. The van der Waals surface area contributed by atoms with Gasteiger partial charge in [-0.15, -0.1) is 0 Å². The third-order valence-corrected chi connectivity index (χ3v) is 3.48. The van der Waals surface area contributed by atoms with Crippen LogP contribution in [0.15, 0.2) is 53.0 Å². The lowest BCUT2D eigenvalue weighted by Crippen LogP contribution is -2.21. The van der Waals surface area contributed by atoms with Crippen molar-refractivity contribution in [3.8, 4) is 0 Å². The highest BCUT2D eigenvalue weighted by atomic mass is 79.9. The lowest BCUT2D eigenvalue weighted by molar-refractivity contribution is 0.342. The number of nitrogens with two attached hydrogens (primary N) is 1. The second-order valence-electron chi connectivity index (χ2n) is 4.58. The van der Waals surface area contributed by atoms with E-state index < -0.39 is 0 Å². The van der Waals surface area contributed by atoms with Crippen molar-refractivity contribution < 1.29 is 0 Å². The predicted octanol–water partition coefficient (Wildman–Crippen LogP) is 3.68. The van der Waals surface area contributed by atoms with Crippen LogP contribution in [0.1, 0.15) is 17.2 Å². The zero-order chi connectivity index (χ0) is 13.1. The zero-order valence-electron chi connectivity index (χ0n) is 10.6. The first-order chi connectivity index (χ1) is 8.58. The minimum Gasteiger partial charge on any atom is -0.399 e. The first-order valence-corrected chi connectivity index (χ1v) is 6.64. The molecule has 1 atom stereocenters. The van der Waals surface area contributed by atoms with Gasteiger partial charge in [0.2, 0.25) is 0 Å². The summed E-state index contributed by atoms with van der Waals surface area (Å²) in [5.74, 6) is 0. The zero-order valence-corrected chi connectivity index (χ0v) is 12.2. The Bertz CT molecular complexity index is 458. The molecule has 0 aromatic heterocycles. The maximum atomic E-state index is 5.74. The molecule has 3 heteroatoms. The second kappa shape index (κ2) is 5.55. The van der Waals surface area contributed by atoms with Crippen LogP contribution >= 0.6 is 15.9 Å². The Balaban J connectivity index is 2.39. The van der Waals surface area contributed by atoms with Crippen LogP contribution in [0.5, 0.6) is 0 Å². The van der Waals surface area contributed by atoms with Crippen molar-refractivity contribution in [3.63, 3.8) is 0 Å². The number of hydrogen-bond acceptors (Lipinski definition) is 2. The molecule has 0 aliphatic carbocycles. The van der Waals surface area contributed by atoms with Gasteiger partial charge < -0.3 is 5.73 Å². The summed E-state index contributed by atoms with van der Waals surface area (Å²) in [6.45, 7) is 0. The maximum Gasteiger partial charge on any atom is 0.0596 e. The molecule has 18 heavy (non-hydrogen) atoms. The molecule has 2 aromatic rings. The summed E-state index contributed by atoms with van der Waals surface area (Å²) in [5.41, 5.74) is 9.06. The first kappa shape index (κ1) is 13.1. The molecular weight excluding hydrogens is 288 g/mol. The average Bonchev–Trinajstić information content (AvgIpc) is 2.34. The lowest BCUT2D eigenvalue weighted by atomic mass is 9.98. The molecule has 2 N–H and O–H groups in total. The predicted molar refractivity (Wildman–Crippen MR) is 80.5 cm³/mol. The third-order valence-electron chi connectivity index (χ3n) is 2.95. The summed E-state index contributed by atoms with van der Waals surface area (Å²) in [4.78, 5) is 2.20. The minimum atomic E-state index is 0.249. The van der Waals surface area contributed by atoms with Crippen molar-refractivity contribution in [1.29, 1.82) is 0 Å². The highest BCUT2D eigenvalue weighted by Gasteiger charge is 2.16. The molecule has 0 saturated heterocycles. The van der Waals surface area contributed by atoms with E-state index in [0.29, 0.717) is 0 Å². The van der Waals surface area contributed by atoms with E-state index in [0.717, 1.165) is 10.2 Å². The van der Waals surface area contributed by atoms with Crippen molar-refractivity contribution >= 4 is 21.6 Å². The molecule has 0 bridgehead atoms. The lowest BCUT2D eigenvalue weighted by Gasteiger charge is -2.25. The van der Waals surface area contributed by atoms with Gasteiger partial charge in [-0.2, -0.15) is 0 Å². The standard InChI is InChI=1S/C15H17BrN2/c1-18(2)15(11-3-7-13(16)8-4-11)12-5-9-14(17)10-6-12/h3-10,15H,17H2,1-2H3. The van der Waals surface area contributed by atoms with Crippen molar-refractivity contribution in [2.24, 2.45) is 0 Å². The average molecular weight is 305 g/mol. The van der Waals surface area contributed by atoms with E-state index in [2.05, 4.69) is 71.3 Å². The van der Waals surface area contributed by atoms with Gasteiger partial charge in [-0.3, -0.25) is 4.90 Å². The van der Waals surface area contributed by atoms with Crippen molar-refractivity contribution in [3.05, 3.63) is 64.1 Å². The Morgan fingerprint density at radius 3 is 1.78 bits per heavy atom. The first-order valence-electron chi connectivity index (χ1n) is 5.85. The molecule has 1 unspecified atom stereocenters. The number of rotatable bonds is 3. The molecule has 2 rings (SSSR count). The van der Waals surface area contributed by atoms with E-state index in [4.69, 9.17) is 5.73 Å². The summed E-state index contributed by atoms with van der Waals surface area (Å²) in [7, 11) is 4.17. The van der Waals surface area contributed by atoms with Crippen LogP contribution in [-0.4, -0.2) is 19.0 Å². The van der Waals surface area contributed by atoms with Crippen LogP contribution in [0.25, 0.3) is 0 Å². The number of anilines is 1. The number of halogens is 1. The number of hydrogen-bond donors (Lipinski definition) is 1. The monoisotopic (exact) mass is 304 g/mol. The highest BCUT2D eigenvalue weighted by molar-refractivity contribution is 9.10. The van der Waals surface area contributed by atoms with Gasteiger partial charge in [-0.05, 0) is 49.5 Å². The summed E-state index contributed by atoms with van der Waals surface area (Å²) in [6.07, 6.45) is 0. The SMILES string of the molecule is CN(C)C(c1ccc(N)cc1)c1ccc(Br)cc1. The topological polar surface area (TPSA) is 29.3 Å². The minimum absolute atomic E-state index is 0.249. The van der Waals surface area contributed by atoms with E-state index in [9.17, 15) is 0 Å². The van der Waals surface area contributed by atoms with Gasteiger partial charge in [0, 0.05) is 10.2 Å². The molecule has 0 spiro atoms. The van der Waals surface area contributed by atoms with E-state index in [1.165, 1.54) is 11.1 Å². The highest BCUT2D eigenvalue weighted by Crippen LogP contribution is 2.28. The van der Waals surface area contributed by atoms with Gasteiger partial charge in [0.1, 0.15) is 0 Å². The Hall–Kier alpha value is -1.32. The second-order valence-corrected chi connectivity index (χ2v) is 5.50. The normalized spacial score (nSPS) is 12.7. The van der Waals surface area contributed by atoms with Crippen LogP contribution in [0, 0.1) is 0 Å². The molecule has 0 saturated carbocycles.